The summed E-state index contributed by atoms with van der Waals surface area (Å²) in [5, 5.41) is 19.0. The molecular weight excluding hydrogens is 324 g/mol. The van der Waals surface area contributed by atoms with Gasteiger partial charge in [0.1, 0.15) is 0 Å². The second kappa shape index (κ2) is 6.63. The fourth-order valence-corrected chi connectivity index (χ4v) is 2.92. The Hall–Kier alpha value is -2.32. The summed E-state index contributed by atoms with van der Waals surface area (Å²) in [6.07, 6.45) is 0.859. The van der Waals surface area contributed by atoms with E-state index in [2.05, 4.69) is 30.9 Å². The molecule has 3 rings (SSSR count). The molecule has 3 aromatic rings. The summed E-state index contributed by atoms with van der Waals surface area (Å²) in [5.41, 5.74) is 1.80. The Morgan fingerprint density at radius 3 is 3.09 bits per heavy atom. The number of hydrogen-bond donors (Lipinski definition) is 2. The molecule has 9 heteroatoms. The molecular formula is C13H11ClN6OS. The largest absolute Gasteiger partial charge is 0.292 e. The molecule has 7 nitrogen and oxygen atoms in total. The summed E-state index contributed by atoms with van der Waals surface area (Å²) in [7, 11) is 0. The highest BCUT2D eigenvalue weighted by molar-refractivity contribution is 7.09. The van der Waals surface area contributed by atoms with Crippen molar-refractivity contribution in [2.45, 2.75) is 12.8 Å². The minimum atomic E-state index is -0.235. The summed E-state index contributed by atoms with van der Waals surface area (Å²) in [5.74, 6) is -0.0830. The zero-order chi connectivity index (χ0) is 15.4. The van der Waals surface area contributed by atoms with E-state index in [1.54, 1.807) is 0 Å². The minimum Gasteiger partial charge on any atom is -0.292 e. The van der Waals surface area contributed by atoms with Gasteiger partial charge >= 0.3 is 0 Å². The van der Waals surface area contributed by atoms with E-state index in [9.17, 15) is 4.79 Å². The highest BCUT2D eigenvalue weighted by atomic mass is 35.5. The van der Waals surface area contributed by atoms with Gasteiger partial charge in [-0.15, -0.1) is 16.4 Å². The number of aromatic nitrogens is 5. The van der Waals surface area contributed by atoms with Crippen LogP contribution in [0.3, 0.4) is 0 Å². The molecule has 2 aromatic heterocycles. The van der Waals surface area contributed by atoms with Crippen molar-refractivity contribution in [3.05, 3.63) is 50.9 Å². The topological polar surface area (TPSA) is 96.5 Å². The fourth-order valence-electron chi connectivity index (χ4n) is 1.88. The molecule has 0 fully saturated rings. The molecule has 0 saturated carbocycles. The lowest BCUT2D eigenvalue weighted by molar-refractivity contribution is -0.115. The summed E-state index contributed by atoms with van der Waals surface area (Å²) < 4.78 is 0. The van der Waals surface area contributed by atoms with E-state index in [0.29, 0.717) is 17.1 Å². The van der Waals surface area contributed by atoms with Gasteiger partial charge in [0.2, 0.25) is 5.91 Å². The Labute approximate surface area is 134 Å². The van der Waals surface area contributed by atoms with Gasteiger partial charge < -0.3 is 0 Å². The number of carbonyl (C=O) groups excluding carboxylic acids is 1. The molecule has 0 aliphatic carbocycles. The Kier molecular flexibility index (Phi) is 4.40. The van der Waals surface area contributed by atoms with E-state index in [1.807, 2.05) is 29.6 Å². The zero-order valence-corrected chi connectivity index (χ0v) is 12.9. The maximum atomic E-state index is 11.8. The van der Waals surface area contributed by atoms with E-state index in [1.165, 1.54) is 11.3 Å². The lowest BCUT2D eigenvalue weighted by Crippen LogP contribution is -2.15. The summed E-state index contributed by atoms with van der Waals surface area (Å²) in [6, 6.07) is 7.65. The van der Waals surface area contributed by atoms with Gasteiger partial charge in [0.15, 0.2) is 0 Å². The van der Waals surface area contributed by atoms with E-state index in [4.69, 9.17) is 11.6 Å². The smallest absolute Gasteiger partial charge is 0.269 e. The average molecular weight is 335 g/mol. The molecule has 0 bridgehead atoms. The molecule has 22 heavy (non-hydrogen) atoms. The molecule has 0 spiro atoms. The summed E-state index contributed by atoms with van der Waals surface area (Å²) >= 11 is 7.48. The molecule has 112 valence electrons. The van der Waals surface area contributed by atoms with E-state index in [0.717, 1.165) is 10.6 Å². The zero-order valence-electron chi connectivity index (χ0n) is 11.3. The molecule has 1 amide bonds. The van der Waals surface area contributed by atoms with Crippen LogP contribution in [0.25, 0.3) is 0 Å². The molecule has 0 radical (unpaired) electrons. The number of halogens is 1. The first-order valence-electron chi connectivity index (χ1n) is 6.40. The third-order valence-electron chi connectivity index (χ3n) is 2.78. The first-order chi connectivity index (χ1) is 10.7. The number of amides is 1. The quantitative estimate of drug-likeness (QED) is 0.744. The predicted octanol–water partition coefficient (Wildman–Crippen LogP) is 2.08. The van der Waals surface area contributed by atoms with Gasteiger partial charge in [0, 0.05) is 16.8 Å². The van der Waals surface area contributed by atoms with Gasteiger partial charge in [-0.3, -0.25) is 10.1 Å². The normalized spacial score (nSPS) is 10.6. The van der Waals surface area contributed by atoms with Gasteiger partial charge in [-0.2, -0.15) is 5.21 Å². The Bertz CT molecular complexity index is 772. The highest BCUT2D eigenvalue weighted by Gasteiger charge is 2.10. The van der Waals surface area contributed by atoms with Gasteiger partial charge in [0.05, 0.1) is 17.1 Å². The molecule has 2 N–H and O–H groups in total. The number of carbonyl (C=O) groups is 1. The van der Waals surface area contributed by atoms with Crippen LogP contribution >= 0.6 is 22.9 Å². The second-order valence-electron chi connectivity index (χ2n) is 4.50. The van der Waals surface area contributed by atoms with Gasteiger partial charge in [-0.25, -0.2) is 4.98 Å². The van der Waals surface area contributed by atoms with Crippen molar-refractivity contribution in [1.82, 2.24) is 25.6 Å². The molecule has 0 aliphatic heterocycles. The first-order valence-corrected chi connectivity index (χ1v) is 7.66. The number of nitrogens with one attached hydrogen (secondary N) is 2. The van der Waals surface area contributed by atoms with Crippen LogP contribution in [-0.2, 0) is 17.6 Å². The fraction of sp³-hybridized carbons (Fsp3) is 0.154. The maximum absolute atomic E-state index is 11.8. The lowest BCUT2D eigenvalue weighted by atomic mass is 10.2. The van der Waals surface area contributed by atoms with Crippen LogP contribution in [0, 0.1) is 0 Å². The maximum Gasteiger partial charge on any atom is 0.269 e. The molecule has 0 unspecified atom stereocenters. The third kappa shape index (κ3) is 3.86. The number of tetrazole rings is 1. The molecule has 0 saturated heterocycles. The molecule has 0 aliphatic rings. The van der Waals surface area contributed by atoms with Gasteiger partial charge in [-0.05, 0) is 22.9 Å². The van der Waals surface area contributed by atoms with E-state index >= 15 is 0 Å². The number of rotatable bonds is 5. The SMILES string of the molecule is O=C(Cc1csc(Cc2cccc(Cl)c2)n1)Nc1nn[nH]n1. The number of benzene rings is 1. The third-order valence-corrected chi connectivity index (χ3v) is 3.91. The van der Waals surface area contributed by atoms with Crippen LogP contribution < -0.4 is 5.32 Å². The van der Waals surface area contributed by atoms with E-state index in [-0.39, 0.29) is 18.3 Å². The highest BCUT2D eigenvalue weighted by Crippen LogP contribution is 2.18. The standard InChI is InChI=1S/C13H11ClN6OS/c14-9-3-1-2-8(4-9)5-12-15-10(7-22-12)6-11(21)16-13-17-19-20-18-13/h1-4,7H,5-6H2,(H2,16,17,18,19,20,21). The Morgan fingerprint density at radius 1 is 1.41 bits per heavy atom. The Balaban J connectivity index is 1.60. The lowest BCUT2D eigenvalue weighted by Gasteiger charge is -1.99. The van der Waals surface area contributed by atoms with Crippen LogP contribution in [0.4, 0.5) is 5.95 Å². The van der Waals surface area contributed by atoms with Crippen molar-refractivity contribution in [2.24, 2.45) is 0 Å². The minimum absolute atomic E-state index is 0.152. The number of thiazole rings is 1. The predicted molar refractivity (Wildman–Crippen MR) is 82.9 cm³/mol. The van der Waals surface area contributed by atoms with Crippen molar-refractivity contribution in [1.29, 1.82) is 0 Å². The summed E-state index contributed by atoms with van der Waals surface area (Å²) in [4.78, 5) is 16.3. The van der Waals surface area contributed by atoms with Crippen LogP contribution in [-0.4, -0.2) is 31.5 Å². The molecule has 1 aromatic carbocycles. The summed E-state index contributed by atoms with van der Waals surface area (Å²) in [6.45, 7) is 0. The van der Waals surface area contributed by atoms with Crippen LogP contribution in [0.2, 0.25) is 5.02 Å². The molecule has 2 heterocycles. The number of nitrogens with zero attached hydrogens (tertiary/aromatic N) is 4. The van der Waals surface area contributed by atoms with Gasteiger partial charge in [0.25, 0.3) is 5.95 Å². The van der Waals surface area contributed by atoms with Crippen molar-refractivity contribution in [3.63, 3.8) is 0 Å². The average Bonchev–Trinajstić information content (AvgIpc) is 3.11. The van der Waals surface area contributed by atoms with Gasteiger partial charge in [-0.1, -0.05) is 28.8 Å². The number of anilines is 1. The van der Waals surface area contributed by atoms with Crippen molar-refractivity contribution in [3.8, 4) is 0 Å². The Morgan fingerprint density at radius 2 is 2.32 bits per heavy atom. The monoisotopic (exact) mass is 334 g/mol. The number of hydrogen-bond acceptors (Lipinski definition) is 6. The molecule has 0 atom stereocenters. The first kappa shape index (κ1) is 14.6. The van der Waals surface area contributed by atoms with Crippen molar-refractivity contribution >= 4 is 34.8 Å². The van der Waals surface area contributed by atoms with Crippen LogP contribution in [0.15, 0.2) is 29.6 Å². The van der Waals surface area contributed by atoms with Crippen LogP contribution in [0.5, 0.6) is 0 Å². The van der Waals surface area contributed by atoms with Crippen LogP contribution in [0.1, 0.15) is 16.3 Å². The second-order valence-corrected chi connectivity index (χ2v) is 5.88. The van der Waals surface area contributed by atoms with E-state index < -0.39 is 0 Å². The van der Waals surface area contributed by atoms with Crippen molar-refractivity contribution in [2.75, 3.05) is 5.32 Å². The van der Waals surface area contributed by atoms with Crippen molar-refractivity contribution < 1.29 is 4.79 Å². The number of H-pyrrole nitrogens is 1. The number of aromatic amines is 1.